The van der Waals surface area contributed by atoms with Crippen LogP contribution in [0, 0.1) is 0 Å². The normalized spacial score (nSPS) is 31.6. The molecule has 2 fully saturated rings. The van der Waals surface area contributed by atoms with Gasteiger partial charge >= 0.3 is 0 Å². The summed E-state index contributed by atoms with van der Waals surface area (Å²) in [5, 5.41) is 3.43. The minimum atomic E-state index is -0.826. The number of piperazine rings is 1. The molecule has 1 N–H and O–H groups in total. The second-order valence-corrected chi connectivity index (χ2v) is 5.17. The molecule has 1 saturated carbocycles. The summed E-state index contributed by atoms with van der Waals surface area (Å²) in [4.78, 5) is 2.25. The third-order valence-corrected chi connectivity index (χ3v) is 2.95. The number of halogens is 1. The van der Waals surface area contributed by atoms with E-state index in [2.05, 4.69) is 24.1 Å². The van der Waals surface area contributed by atoms with Gasteiger partial charge in [0.25, 0.3) is 0 Å². The van der Waals surface area contributed by atoms with Crippen LogP contribution in [-0.2, 0) is 0 Å². The fraction of sp³-hybridized carbons (Fsp3) is 1.00. The fourth-order valence-corrected chi connectivity index (χ4v) is 2.08. The molecule has 13 heavy (non-hydrogen) atoms. The molecule has 1 aliphatic heterocycles. The van der Waals surface area contributed by atoms with E-state index in [-0.39, 0.29) is 5.54 Å². The van der Waals surface area contributed by atoms with E-state index in [1.54, 1.807) is 0 Å². The molecule has 3 heteroatoms. The van der Waals surface area contributed by atoms with Crippen LogP contribution in [0.4, 0.5) is 4.39 Å². The Balaban J connectivity index is 1.86. The van der Waals surface area contributed by atoms with Gasteiger partial charge in [0.1, 0.15) is 5.67 Å². The van der Waals surface area contributed by atoms with Crippen molar-refractivity contribution in [2.75, 3.05) is 26.2 Å². The average molecular weight is 186 g/mol. The third kappa shape index (κ3) is 2.41. The molecule has 76 valence electrons. The first-order valence-corrected chi connectivity index (χ1v) is 5.16. The van der Waals surface area contributed by atoms with Gasteiger partial charge in [0, 0.05) is 31.7 Å². The smallest absolute Gasteiger partial charge is 0.123 e. The van der Waals surface area contributed by atoms with Crippen molar-refractivity contribution in [1.29, 1.82) is 0 Å². The second-order valence-electron chi connectivity index (χ2n) is 5.17. The Bertz CT molecular complexity index is 197. The summed E-state index contributed by atoms with van der Waals surface area (Å²) in [6, 6.07) is 0. The van der Waals surface area contributed by atoms with Gasteiger partial charge in [-0.15, -0.1) is 0 Å². The van der Waals surface area contributed by atoms with Gasteiger partial charge in [-0.3, -0.25) is 4.90 Å². The molecule has 0 unspecified atom stereocenters. The van der Waals surface area contributed by atoms with Gasteiger partial charge in [-0.25, -0.2) is 4.39 Å². The van der Waals surface area contributed by atoms with E-state index >= 15 is 0 Å². The van der Waals surface area contributed by atoms with Crippen LogP contribution < -0.4 is 5.32 Å². The lowest BCUT2D eigenvalue weighted by Crippen LogP contribution is -2.58. The Morgan fingerprint density at radius 1 is 1.38 bits per heavy atom. The van der Waals surface area contributed by atoms with Crippen LogP contribution in [0.3, 0.4) is 0 Å². The van der Waals surface area contributed by atoms with Crippen molar-refractivity contribution in [2.24, 2.45) is 0 Å². The first-order chi connectivity index (χ1) is 5.99. The lowest BCUT2D eigenvalue weighted by atomic mass is 10.0. The molecule has 0 bridgehead atoms. The van der Waals surface area contributed by atoms with Crippen molar-refractivity contribution in [1.82, 2.24) is 10.2 Å². The maximum atomic E-state index is 13.5. The largest absolute Gasteiger partial charge is 0.309 e. The van der Waals surface area contributed by atoms with Crippen LogP contribution in [0.2, 0.25) is 0 Å². The Hall–Kier alpha value is -0.150. The second kappa shape index (κ2) is 2.92. The molecule has 0 aromatic carbocycles. The minimum absolute atomic E-state index is 0.156. The highest BCUT2D eigenvalue weighted by molar-refractivity contribution is 4.99. The number of nitrogens with zero attached hydrogens (tertiary/aromatic N) is 1. The highest BCUT2D eigenvalue weighted by atomic mass is 19.1. The van der Waals surface area contributed by atoms with Crippen LogP contribution >= 0.6 is 0 Å². The van der Waals surface area contributed by atoms with Crippen LogP contribution in [-0.4, -0.2) is 42.3 Å². The molecule has 2 nitrogen and oxygen atoms in total. The summed E-state index contributed by atoms with van der Waals surface area (Å²) in [5.74, 6) is 0. The van der Waals surface area contributed by atoms with E-state index in [9.17, 15) is 4.39 Å². The van der Waals surface area contributed by atoms with Gasteiger partial charge in [0.2, 0.25) is 0 Å². The average Bonchev–Trinajstić information content (AvgIpc) is 2.65. The molecular formula is C10H19FN2. The quantitative estimate of drug-likeness (QED) is 0.696. The van der Waals surface area contributed by atoms with E-state index in [1.165, 1.54) is 0 Å². The maximum absolute atomic E-state index is 13.5. The Kier molecular flexibility index (Phi) is 2.11. The number of rotatable bonds is 2. The number of hydrogen-bond donors (Lipinski definition) is 1. The molecule has 1 saturated heterocycles. The van der Waals surface area contributed by atoms with Crippen molar-refractivity contribution in [3.8, 4) is 0 Å². The maximum Gasteiger partial charge on any atom is 0.123 e. The molecule has 0 aromatic rings. The van der Waals surface area contributed by atoms with Crippen LogP contribution in [0.15, 0.2) is 0 Å². The molecule has 0 spiro atoms. The van der Waals surface area contributed by atoms with E-state index < -0.39 is 5.67 Å². The lowest BCUT2D eigenvalue weighted by molar-refractivity contribution is 0.112. The van der Waals surface area contributed by atoms with Crippen molar-refractivity contribution < 1.29 is 4.39 Å². The zero-order valence-corrected chi connectivity index (χ0v) is 8.57. The predicted molar refractivity (Wildman–Crippen MR) is 51.6 cm³/mol. The van der Waals surface area contributed by atoms with Crippen LogP contribution in [0.5, 0.6) is 0 Å². The molecule has 2 rings (SSSR count). The highest BCUT2D eigenvalue weighted by Gasteiger charge is 2.45. The topological polar surface area (TPSA) is 15.3 Å². The third-order valence-electron chi connectivity index (χ3n) is 2.95. The van der Waals surface area contributed by atoms with Gasteiger partial charge in [-0.2, -0.15) is 0 Å². The predicted octanol–water partition coefficient (Wildman–Crippen LogP) is 1.17. The fourth-order valence-electron chi connectivity index (χ4n) is 2.08. The summed E-state index contributed by atoms with van der Waals surface area (Å²) < 4.78 is 13.5. The standard InChI is InChI=1S/C10H19FN2/c1-9(2)7-13(6-5-12-9)8-10(11)3-4-10/h12H,3-8H2,1-2H3. The van der Waals surface area contributed by atoms with Gasteiger partial charge in [0.15, 0.2) is 0 Å². The van der Waals surface area contributed by atoms with Crippen molar-refractivity contribution >= 4 is 0 Å². The van der Waals surface area contributed by atoms with Crippen molar-refractivity contribution in [3.05, 3.63) is 0 Å². The summed E-state index contributed by atoms with van der Waals surface area (Å²) in [6.07, 6.45) is 1.55. The molecule has 1 heterocycles. The molecule has 0 aromatic heterocycles. The van der Waals surface area contributed by atoms with E-state index in [1.807, 2.05) is 0 Å². The summed E-state index contributed by atoms with van der Waals surface area (Å²) in [7, 11) is 0. The zero-order chi connectivity index (χ0) is 9.53. The Morgan fingerprint density at radius 2 is 2.08 bits per heavy atom. The Morgan fingerprint density at radius 3 is 2.62 bits per heavy atom. The lowest BCUT2D eigenvalue weighted by Gasteiger charge is -2.39. The minimum Gasteiger partial charge on any atom is -0.309 e. The molecular weight excluding hydrogens is 167 g/mol. The van der Waals surface area contributed by atoms with Gasteiger partial charge in [0.05, 0.1) is 0 Å². The number of hydrogen-bond acceptors (Lipinski definition) is 2. The molecule has 0 radical (unpaired) electrons. The first-order valence-electron chi connectivity index (χ1n) is 5.16. The number of alkyl halides is 1. The van der Waals surface area contributed by atoms with E-state index in [0.717, 1.165) is 32.5 Å². The molecule has 0 amide bonds. The number of nitrogens with one attached hydrogen (secondary N) is 1. The van der Waals surface area contributed by atoms with Crippen molar-refractivity contribution in [3.63, 3.8) is 0 Å². The summed E-state index contributed by atoms with van der Waals surface area (Å²) in [5.41, 5.74) is -0.670. The first kappa shape index (κ1) is 9.41. The molecule has 1 aliphatic carbocycles. The van der Waals surface area contributed by atoms with Gasteiger partial charge in [-0.05, 0) is 26.7 Å². The van der Waals surface area contributed by atoms with Crippen molar-refractivity contribution in [2.45, 2.75) is 37.9 Å². The molecule has 0 atom stereocenters. The van der Waals surface area contributed by atoms with E-state index in [4.69, 9.17) is 0 Å². The van der Waals surface area contributed by atoms with E-state index in [0.29, 0.717) is 6.54 Å². The van der Waals surface area contributed by atoms with Crippen LogP contribution in [0.25, 0.3) is 0 Å². The van der Waals surface area contributed by atoms with Gasteiger partial charge in [-0.1, -0.05) is 0 Å². The molecule has 2 aliphatic rings. The highest BCUT2D eigenvalue weighted by Crippen LogP contribution is 2.40. The summed E-state index contributed by atoms with van der Waals surface area (Å²) >= 11 is 0. The van der Waals surface area contributed by atoms with Gasteiger partial charge < -0.3 is 5.32 Å². The monoisotopic (exact) mass is 186 g/mol. The Labute approximate surface area is 79.5 Å². The van der Waals surface area contributed by atoms with Crippen LogP contribution in [0.1, 0.15) is 26.7 Å². The summed E-state index contributed by atoms with van der Waals surface area (Å²) in [6.45, 7) is 7.96. The SMILES string of the molecule is CC1(C)CN(CC2(F)CC2)CCN1. The zero-order valence-electron chi connectivity index (χ0n) is 8.57.